The molecule has 0 radical (unpaired) electrons. The number of likely N-dealkylation sites (tertiary alicyclic amines) is 1. The molecule has 0 bridgehead atoms. The number of carbonyl (C=O) groups is 2. The number of aliphatic carboxylic acids is 1. The predicted molar refractivity (Wildman–Crippen MR) is 46.2 cm³/mol. The van der Waals surface area contributed by atoms with Crippen molar-refractivity contribution >= 4 is 12.1 Å². The van der Waals surface area contributed by atoms with Gasteiger partial charge in [0.1, 0.15) is 6.04 Å². The summed E-state index contributed by atoms with van der Waals surface area (Å²) in [6, 6.07) is -0.968. The standard InChI is InChI=1S/C8H13NO5/c1-2-14-5-3-6(7(10)11)9(4-5)8(12)13/h5-6H,2-4H2,1H3,(H,10,11)(H,12,13)/t5-,6?/m1/s1. The van der Waals surface area contributed by atoms with Crippen molar-refractivity contribution in [1.82, 2.24) is 4.90 Å². The van der Waals surface area contributed by atoms with Crippen molar-refractivity contribution in [1.29, 1.82) is 0 Å². The van der Waals surface area contributed by atoms with Gasteiger partial charge in [-0.2, -0.15) is 0 Å². The van der Waals surface area contributed by atoms with Crippen LogP contribution in [0.1, 0.15) is 13.3 Å². The van der Waals surface area contributed by atoms with E-state index in [-0.39, 0.29) is 19.1 Å². The first kappa shape index (κ1) is 10.8. The molecule has 1 amide bonds. The van der Waals surface area contributed by atoms with Crippen LogP contribution < -0.4 is 0 Å². The minimum atomic E-state index is -1.21. The number of ether oxygens (including phenoxy) is 1. The van der Waals surface area contributed by atoms with Crippen molar-refractivity contribution in [2.45, 2.75) is 25.5 Å². The zero-order chi connectivity index (χ0) is 10.7. The summed E-state index contributed by atoms with van der Waals surface area (Å²) in [5.41, 5.74) is 0. The van der Waals surface area contributed by atoms with E-state index in [2.05, 4.69) is 0 Å². The Morgan fingerprint density at radius 2 is 2.14 bits per heavy atom. The quantitative estimate of drug-likeness (QED) is 0.685. The van der Waals surface area contributed by atoms with E-state index in [1.165, 1.54) is 0 Å². The average Bonchev–Trinajstić information content (AvgIpc) is 2.49. The Bertz CT molecular complexity index is 220. The minimum absolute atomic E-state index is 0.139. The van der Waals surface area contributed by atoms with Crippen LogP contribution in [0.4, 0.5) is 4.79 Å². The van der Waals surface area contributed by atoms with Crippen molar-refractivity contribution in [3.8, 4) is 0 Å². The molecule has 0 saturated carbocycles. The first-order valence-electron chi connectivity index (χ1n) is 4.40. The summed E-state index contributed by atoms with van der Waals surface area (Å²) in [6.07, 6.45) is -1.27. The maximum atomic E-state index is 10.7. The van der Waals surface area contributed by atoms with E-state index in [0.717, 1.165) is 4.90 Å². The van der Waals surface area contributed by atoms with Crippen LogP contribution in [0.15, 0.2) is 0 Å². The molecule has 6 nitrogen and oxygen atoms in total. The normalized spacial score (nSPS) is 26.5. The summed E-state index contributed by atoms with van der Waals surface area (Å²) >= 11 is 0. The summed E-state index contributed by atoms with van der Waals surface area (Å²) in [7, 11) is 0. The molecule has 2 atom stereocenters. The lowest BCUT2D eigenvalue weighted by molar-refractivity contribution is -0.141. The second-order valence-corrected chi connectivity index (χ2v) is 3.10. The van der Waals surface area contributed by atoms with Crippen LogP contribution in [0, 0.1) is 0 Å². The molecule has 1 saturated heterocycles. The fraction of sp³-hybridized carbons (Fsp3) is 0.750. The maximum absolute atomic E-state index is 10.7. The van der Waals surface area contributed by atoms with Gasteiger partial charge in [0.15, 0.2) is 0 Å². The lowest BCUT2D eigenvalue weighted by atomic mass is 10.2. The largest absolute Gasteiger partial charge is 0.480 e. The summed E-state index contributed by atoms with van der Waals surface area (Å²) in [5, 5.41) is 17.5. The molecule has 0 aromatic rings. The van der Waals surface area contributed by atoms with E-state index < -0.39 is 18.1 Å². The molecule has 1 heterocycles. The van der Waals surface area contributed by atoms with Crippen LogP contribution in [0.5, 0.6) is 0 Å². The van der Waals surface area contributed by atoms with Crippen LogP contribution in [-0.2, 0) is 9.53 Å². The van der Waals surface area contributed by atoms with Gasteiger partial charge in [0.05, 0.1) is 12.6 Å². The predicted octanol–water partition coefficient (Wildman–Crippen LogP) is 0.228. The van der Waals surface area contributed by atoms with Crippen LogP contribution in [0.3, 0.4) is 0 Å². The van der Waals surface area contributed by atoms with E-state index in [1.54, 1.807) is 6.92 Å². The topological polar surface area (TPSA) is 87.1 Å². The number of nitrogens with zero attached hydrogens (tertiary/aromatic N) is 1. The highest BCUT2D eigenvalue weighted by molar-refractivity contribution is 5.80. The lowest BCUT2D eigenvalue weighted by Crippen LogP contribution is -2.39. The highest BCUT2D eigenvalue weighted by atomic mass is 16.5. The summed E-state index contributed by atoms with van der Waals surface area (Å²) in [6.45, 7) is 2.39. The summed E-state index contributed by atoms with van der Waals surface area (Å²) in [4.78, 5) is 22.3. The number of carboxylic acid groups (broad SMARTS) is 2. The molecule has 2 N–H and O–H groups in total. The second kappa shape index (κ2) is 4.28. The van der Waals surface area contributed by atoms with Gasteiger partial charge in [-0.15, -0.1) is 0 Å². The third kappa shape index (κ3) is 2.14. The first-order valence-corrected chi connectivity index (χ1v) is 4.40. The van der Waals surface area contributed by atoms with Crippen molar-refractivity contribution in [2.24, 2.45) is 0 Å². The van der Waals surface area contributed by atoms with Gasteiger partial charge in [-0.05, 0) is 6.92 Å². The van der Waals surface area contributed by atoms with Gasteiger partial charge in [-0.25, -0.2) is 9.59 Å². The number of rotatable bonds is 3. The van der Waals surface area contributed by atoms with Crippen LogP contribution in [0.2, 0.25) is 0 Å². The molecule has 0 aromatic carbocycles. The average molecular weight is 203 g/mol. The molecule has 0 aromatic heterocycles. The Morgan fingerprint density at radius 3 is 2.50 bits per heavy atom. The first-order chi connectivity index (χ1) is 6.56. The van der Waals surface area contributed by atoms with Crippen LogP contribution in [0.25, 0.3) is 0 Å². The molecule has 1 aliphatic heterocycles. The van der Waals surface area contributed by atoms with Gasteiger partial charge in [-0.1, -0.05) is 0 Å². The zero-order valence-corrected chi connectivity index (χ0v) is 7.84. The molecule has 1 fully saturated rings. The van der Waals surface area contributed by atoms with Crippen molar-refractivity contribution in [2.75, 3.05) is 13.2 Å². The smallest absolute Gasteiger partial charge is 0.408 e. The van der Waals surface area contributed by atoms with Gasteiger partial charge in [-0.3, -0.25) is 4.90 Å². The molecule has 80 valence electrons. The Hall–Kier alpha value is -1.30. The van der Waals surface area contributed by atoms with E-state index in [9.17, 15) is 9.59 Å². The highest BCUT2D eigenvalue weighted by Gasteiger charge is 2.40. The zero-order valence-electron chi connectivity index (χ0n) is 7.84. The molecule has 1 unspecified atom stereocenters. The number of hydrogen-bond acceptors (Lipinski definition) is 3. The Balaban J connectivity index is 2.65. The number of carboxylic acids is 1. The highest BCUT2D eigenvalue weighted by Crippen LogP contribution is 2.20. The van der Waals surface area contributed by atoms with Crippen molar-refractivity contribution < 1.29 is 24.5 Å². The van der Waals surface area contributed by atoms with Crippen LogP contribution >= 0.6 is 0 Å². The molecular weight excluding hydrogens is 190 g/mol. The molecule has 0 spiro atoms. The third-order valence-corrected chi connectivity index (χ3v) is 2.20. The molecule has 6 heteroatoms. The number of hydrogen-bond donors (Lipinski definition) is 2. The molecule has 0 aliphatic carbocycles. The lowest BCUT2D eigenvalue weighted by Gasteiger charge is -2.16. The fourth-order valence-electron chi connectivity index (χ4n) is 1.60. The summed E-state index contributed by atoms with van der Waals surface area (Å²) < 4.78 is 5.20. The molecular formula is C8H13NO5. The van der Waals surface area contributed by atoms with Crippen LogP contribution in [-0.4, -0.2) is 52.5 Å². The monoisotopic (exact) mass is 203 g/mol. The van der Waals surface area contributed by atoms with Gasteiger partial charge >= 0.3 is 12.1 Å². The Kier molecular flexibility index (Phi) is 3.29. The van der Waals surface area contributed by atoms with Gasteiger partial charge in [0.2, 0.25) is 0 Å². The van der Waals surface area contributed by atoms with Gasteiger partial charge in [0, 0.05) is 13.0 Å². The van der Waals surface area contributed by atoms with E-state index >= 15 is 0 Å². The Labute approximate surface area is 81.1 Å². The fourth-order valence-corrected chi connectivity index (χ4v) is 1.60. The van der Waals surface area contributed by atoms with E-state index in [4.69, 9.17) is 14.9 Å². The van der Waals surface area contributed by atoms with Crippen molar-refractivity contribution in [3.05, 3.63) is 0 Å². The minimum Gasteiger partial charge on any atom is -0.480 e. The third-order valence-electron chi connectivity index (χ3n) is 2.20. The van der Waals surface area contributed by atoms with Gasteiger partial charge in [0.25, 0.3) is 0 Å². The summed E-state index contributed by atoms with van der Waals surface area (Å²) in [5.74, 6) is -1.12. The Morgan fingerprint density at radius 1 is 1.50 bits per heavy atom. The molecule has 1 aliphatic rings. The van der Waals surface area contributed by atoms with Gasteiger partial charge < -0.3 is 14.9 Å². The second-order valence-electron chi connectivity index (χ2n) is 3.10. The van der Waals surface area contributed by atoms with E-state index in [1.807, 2.05) is 0 Å². The van der Waals surface area contributed by atoms with E-state index in [0.29, 0.717) is 6.61 Å². The SMILES string of the molecule is CCO[C@@H]1CC(C(=O)O)N(C(=O)O)C1. The molecule has 14 heavy (non-hydrogen) atoms. The maximum Gasteiger partial charge on any atom is 0.408 e. The molecule has 1 rings (SSSR count). The van der Waals surface area contributed by atoms with Crippen molar-refractivity contribution in [3.63, 3.8) is 0 Å². The number of amides is 1.